The Bertz CT molecular complexity index is 360. The molecule has 0 amide bonds. The largest absolute Gasteiger partial charge is 0.393 e. The second-order valence-electron chi connectivity index (χ2n) is 3.54. The summed E-state index contributed by atoms with van der Waals surface area (Å²) < 4.78 is 13.2. The van der Waals surface area contributed by atoms with Gasteiger partial charge in [0.15, 0.2) is 11.6 Å². The molecule has 0 fully saturated rings. The van der Waals surface area contributed by atoms with Gasteiger partial charge in [-0.2, -0.15) is 4.98 Å². The van der Waals surface area contributed by atoms with E-state index in [2.05, 4.69) is 20.7 Å². The molecule has 1 atom stereocenters. The Kier molecular flexibility index (Phi) is 3.93. The zero-order chi connectivity index (χ0) is 12.2. The van der Waals surface area contributed by atoms with Crippen molar-refractivity contribution in [3.63, 3.8) is 0 Å². The van der Waals surface area contributed by atoms with E-state index in [-0.39, 0.29) is 18.3 Å². The Balaban J connectivity index is 2.73. The molecule has 0 aliphatic carbocycles. The fourth-order valence-corrected chi connectivity index (χ4v) is 0.891. The number of aliphatic hydroxyl groups excluding tert-OH is 1. The minimum atomic E-state index is -1.35. The summed E-state index contributed by atoms with van der Waals surface area (Å²) in [7, 11) is 0. The quantitative estimate of drug-likeness (QED) is 0.328. The van der Waals surface area contributed by atoms with Crippen LogP contribution in [0.4, 0.5) is 16.2 Å². The molecule has 1 aromatic rings. The highest BCUT2D eigenvalue weighted by molar-refractivity contribution is 5.40. The number of nitrogen functional groups attached to an aromatic ring is 1. The molecule has 0 aromatic carbocycles. The summed E-state index contributed by atoms with van der Waals surface area (Å²) in [4.78, 5) is 7.25. The molecule has 1 aromatic heterocycles. The number of hydrogen-bond donors (Lipinski definition) is 5. The summed E-state index contributed by atoms with van der Waals surface area (Å²) in [5, 5.41) is 20.8. The normalized spacial score (nSPS) is 14.3. The summed E-state index contributed by atoms with van der Waals surface area (Å²) >= 11 is 0. The first-order valence-electron chi connectivity index (χ1n) is 4.55. The summed E-state index contributed by atoms with van der Waals surface area (Å²) in [5.41, 5.74) is 0.811. The van der Waals surface area contributed by atoms with Crippen LogP contribution in [0.2, 0.25) is 0 Å². The van der Waals surface area contributed by atoms with Crippen LogP contribution in [0.15, 0.2) is 6.20 Å². The fraction of sp³-hybridized carbons (Fsp3) is 0.500. The lowest BCUT2D eigenvalue weighted by Crippen LogP contribution is -2.37. The molecule has 16 heavy (non-hydrogen) atoms. The third-order valence-electron chi connectivity index (χ3n) is 1.85. The standard InChI is InChI=1S/C8H14FN5O2/c1-8(16,4-15)3-12-6-5(9)2-11-7(13-6)14-10/h2,15-16H,3-4,10H2,1H3,(H2,11,12,13,14). The highest BCUT2D eigenvalue weighted by atomic mass is 19.1. The van der Waals surface area contributed by atoms with Gasteiger partial charge < -0.3 is 15.5 Å². The van der Waals surface area contributed by atoms with Crippen molar-refractivity contribution in [2.45, 2.75) is 12.5 Å². The molecule has 1 rings (SSSR count). The molecule has 1 heterocycles. The predicted molar refractivity (Wildman–Crippen MR) is 56.0 cm³/mol. The maximum absolute atomic E-state index is 13.2. The molecule has 6 N–H and O–H groups in total. The van der Waals surface area contributed by atoms with Crippen LogP contribution in [0.5, 0.6) is 0 Å². The van der Waals surface area contributed by atoms with Gasteiger partial charge in [0.25, 0.3) is 0 Å². The first-order valence-corrected chi connectivity index (χ1v) is 4.55. The van der Waals surface area contributed by atoms with Gasteiger partial charge in [0.05, 0.1) is 12.8 Å². The van der Waals surface area contributed by atoms with Gasteiger partial charge in [0.2, 0.25) is 5.95 Å². The molecule has 0 bridgehead atoms. The third kappa shape index (κ3) is 3.26. The number of hydrogen-bond acceptors (Lipinski definition) is 7. The van der Waals surface area contributed by atoms with Gasteiger partial charge in [-0.05, 0) is 6.92 Å². The summed E-state index contributed by atoms with van der Waals surface area (Å²) in [5.74, 6) is 4.34. The van der Waals surface area contributed by atoms with Gasteiger partial charge in [-0.1, -0.05) is 0 Å². The average molecular weight is 231 g/mol. The minimum Gasteiger partial charge on any atom is -0.393 e. The topological polar surface area (TPSA) is 116 Å². The van der Waals surface area contributed by atoms with Crippen LogP contribution >= 0.6 is 0 Å². The van der Waals surface area contributed by atoms with E-state index in [4.69, 9.17) is 10.9 Å². The first kappa shape index (κ1) is 12.6. The van der Waals surface area contributed by atoms with Crippen LogP contribution < -0.4 is 16.6 Å². The van der Waals surface area contributed by atoms with Gasteiger partial charge in [0.1, 0.15) is 5.60 Å². The highest BCUT2D eigenvalue weighted by Gasteiger charge is 2.19. The van der Waals surface area contributed by atoms with Crippen molar-refractivity contribution in [2.24, 2.45) is 5.84 Å². The molecule has 90 valence electrons. The zero-order valence-corrected chi connectivity index (χ0v) is 8.74. The van der Waals surface area contributed by atoms with Crippen LogP contribution in [0.25, 0.3) is 0 Å². The lowest BCUT2D eigenvalue weighted by Gasteiger charge is -2.21. The number of aliphatic hydroxyl groups is 2. The van der Waals surface area contributed by atoms with Crippen LogP contribution in [-0.4, -0.2) is 38.9 Å². The fourth-order valence-electron chi connectivity index (χ4n) is 0.891. The van der Waals surface area contributed by atoms with E-state index in [1.54, 1.807) is 0 Å². The molecular weight excluding hydrogens is 217 g/mol. The van der Waals surface area contributed by atoms with Crippen LogP contribution in [-0.2, 0) is 0 Å². The van der Waals surface area contributed by atoms with Gasteiger partial charge in [-0.3, -0.25) is 5.43 Å². The van der Waals surface area contributed by atoms with E-state index in [0.29, 0.717) is 0 Å². The molecule has 0 aliphatic heterocycles. The van der Waals surface area contributed by atoms with Crippen molar-refractivity contribution in [3.8, 4) is 0 Å². The lowest BCUT2D eigenvalue weighted by atomic mass is 10.1. The zero-order valence-electron chi connectivity index (χ0n) is 8.74. The first-order chi connectivity index (χ1) is 7.48. The summed E-state index contributed by atoms with van der Waals surface area (Å²) in [6.45, 7) is 0.900. The van der Waals surface area contributed by atoms with E-state index in [1.807, 2.05) is 0 Å². The highest BCUT2D eigenvalue weighted by Crippen LogP contribution is 2.12. The average Bonchev–Trinajstić information content (AvgIpc) is 2.28. The van der Waals surface area contributed by atoms with Crippen molar-refractivity contribution < 1.29 is 14.6 Å². The molecule has 0 saturated carbocycles. The number of nitrogens with one attached hydrogen (secondary N) is 2. The van der Waals surface area contributed by atoms with Gasteiger partial charge >= 0.3 is 0 Å². The van der Waals surface area contributed by atoms with E-state index in [1.165, 1.54) is 6.92 Å². The van der Waals surface area contributed by atoms with Gasteiger partial charge in [-0.25, -0.2) is 15.2 Å². The Morgan fingerprint density at radius 3 is 2.88 bits per heavy atom. The molecule has 1 unspecified atom stereocenters. The van der Waals surface area contributed by atoms with Crippen molar-refractivity contribution in [3.05, 3.63) is 12.0 Å². The second kappa shape index (κ2) is 5.01. The number of nitrogens with zero attached hydrogens (tertiary/aromatic N) is 2. The number of halogens is 1. The maximum Gasteiger partial charge on any atom is 0.239 e. The Hall–Kier alpha value is -1.51. The molecule has 0 saturated heterocycles. The van der Waals surface area contributed by atoms with E-state index < -0.39 is 18.0 Å². The Labute approximate surface area is 91.5 Å². The number of anilines is 2. The molecule has 0 spiro atoms. The molecule has 8 heteroatoms. The van der Waals surface area contributed by atoms with Gasteiger partial charge in [-0.15, -0.1) is 0 Å². The molecular formula is C8H14FN5O2. The van der Waals surface area contributed by atoms with Crippen LogP contribution in [0.3, 0.4) is 0 Å². The van der Waals surface area contributed by atoms with E-state index in [0.717, 1.165) is 6.20 Å². The third-order valence-corrected chi connectivity index (χ3v) is 1.85. The number of hydrazine groups is 1. The smallest absolute Gasteiger partial charge is 0.239 e. The maximum atomic E-state index is 13.2. The Morgan fingerprint density at radius 1 is 1.62 bits per heavy atom. The Morgan fingerprint density at radius 2 is 2.31 bits per heavy atom. The summed E-state index contributed by atoms with van der Waals surface area (Å²) in [6.07, 6.45) is 0.943. The lowest BCUT2D eigenvalue weighted by molar-refractivity contribution is 0.0131. The SMILES string of the molecule is CC(O)(CO)CNc1nc(NN)ncc1F. The predicted octanol–water partition coefficient (Wildman–Crippen LogP) is -0.944. The van der Waals surface area contributed by atoms with Crippen molar-refractivity contribution >= 4 is 11.8 Å². The number of nitrogens with two attached hydrogens (primary N) is 1. The molecule has 0 radical (unpaired) electrons. The van der Waals surface area contributed by atoms with E-state index in [9.17, 15) is 9.50 Å². The van der Waals surface area contributed by atoms with Crippen molar-refractivity contribution in [1.29, 1.82) is 0 Å². The van der Waals surface area contributed by atoms with E-state index >= 15 is 0 Å². The molecule has 7 nitrogen and oxygen atoms in total. The monoisotopic (exact) mass is 231 g/mol. The van der Waals surface area contributed by atoms with Crippen molar-refractivity contribution in [2.75, 3.05) is 23.9 Å². The molecule has 0 aliphatic rings. The van der Waals surface area contributed by atoms with Crippen molar-refractivity contribution in [1.82, 2.24) is 9.97 Å². The van der Waals surface area contributed by atoms with Crippen LogP contribution in [0.1, 0.15) is 6.92 Å². The second-order valence-corrected chi connectivity index (χ2v) is 3.54. The number of aromatic nitrogens is 2. The number of rotatable bonds is 5. The van der Waals surface area contributed by atoms with Crippen LogP contribution in [0, 0.1) is 5.82 Å². The minimum absolute atomic E-state index is 0.0486. The van der Waals surface area contributed by atoms with Gasteiger partial charge in [0, 0.05) is 6.54 Å². The summed E-state index contributed by atoms with van der Waals surface area (Å²) in [6, 6.07) is 0.